The van der Waals surface area contributed by atoms with E-state index in [1.807, 2.05) is 0 Å². The normalized spacial score (nSPS) is 21.3. The zero-order valence-corrected chi connectivity index (χ0v) is 8.80. The quantitative estimate of drug-likeness (QED) is 0.763. The van der Waals surface area contributed by atoms with Crippen molar-refractivity contribution in [2.24, 2.45) is 5.92 Å². The van der Waals surface area contributed by atoms with Crippen molar-refractivity contribution in [1.29, 1.82) is 5.26 Å². The number of nitrogens with zero attached hydrogens (tertiary/aromatic N) is 2. The van der Waals surface area contributed by atoms with Crippen molar-refractivity contribution >= 4 is 5.78 Å². The third kappa shape index (κ3) is 2.10. The molecule has 0 spiro atoms. The lowest BCUT2D eigenvalue weighted by Crippen LogP contribution is -2.21. The summed E-state index contributed by atoms with van der Waals surface area (Å²) in [4.78, 5) is 15.9. The van der Waals surface area contributed by atoms with Gasteiger partial charge in [0.05, 0.1) is 12.7 Å². The Bertz CT molecular complexity index is 405. The molecule has 2 unspecified atom stereocenters. The highest BCUT2D eigenvalue weighted by Gasteiger charge is 2.30. The number of ether oxygens (including phenoxy) is 1. The molecule has 0 N–H and O–H groups in total. The van der Waals surface area contributed by atoms with E-state index in [9.17, 15) is 4.79 Å². The van der Waals surface area contributed by atoms with Crippen LogP contribution in [0.25, 0.3) is 0 Å². The Morgan fingerprint density at radius 2 is 2.31 bits per heavy atom. The summed E-state index contributed by atoms with van der Waals surface area (Å²) in [6, 6.07) is 5.48. The number of aromatic nitrogens is 1. The van der Waals surface area contributed by atoms with Crippen LogP contribution in [0.15, 0.2) is 24.5 Å². The summed E-state index contributed by atoms with van der Waals surface area (Å²) in [6.07, 6.45) is 3.91. The molecule has 2 atom stereocenters. The smallest absolute Gasteiger partial charge is 0.159 e. The fourth-order valence-electron chi connectivity index (χ4n) is 1.85. The Hall–Kier alpha value is -1.73. The summed E-state index contributed by atoms with van der Waals surface area (Å²) in [6.45, 7) is 1.06. The maximum atomic E-state index is 12.1. The zero-order chi connectivity index (χ0) is 11.4. The molecule has 1 saturated heterocycles. The van der Waals surface area contributed by atoms with Crippen molar-refractivity contribution < 1.29 is 9.53 Å². The molecule has 0 saturated carbocycles. The number of carbonyl (C=O) groups excluding carboxylic acids is 1. The molecular formula is C12H12N2O2. The van der Waals surface area contributed by atoms with Gasteiger partial charge >= 0.3 is 0 Å². The molecule has 2 heterocycles. The van der Waals surface area contributed by atoms with E-state index in [4.69, 9.17) is 10.00 Å². The number of Topliss-reactive ketones (excluding diaryl/α,β-unsaturated/α-hetero) is 1. The van der Waals surface area contributed by atoms with Gasteiger partial charge in [0.2, 0.25) is 0 Å². The van der Waals surface area contributed by atoms with Gasteiger partial charge in [-0.05, 0) is 24.1 Å². The van der Waals surface area contributed by atoms with Crippen LogP contribution in [0.4, 0.5) is 0 Å². The van der Waals surface area contributed by atoms with E-state index < -0.39 is 5.92 Å². The van der Waals surface area contributed by atoms with E-state index in [2.05, 4.69) is 11.1 Å². The van der Waals surface area contributed by atoms with Crippen LogP contribution in [0.3, 0.4) is 0 Å². The van der Waals surface area contributed by atoms with Crippen molar-refractivity contribution in [3.8, 4) is 6.07 Å². The van der Waals surface area contributed by atoms with Crippen molar-refractivity contribution in [3.63, 3.8) is 0 Å². The highest BCUT2D eigenvalue weighted by Crippen LogP contribution is 2.24. The van der Waals surface area contributed by atoms with Gasteiger partial charge in [0.15, 0.2) is 5.78 Å². The predicted molar refractivity (Wildman–Crippen MR) is 56.5 cm³/mol. The van der Waals surface area contributed by atoms with Gasteiger partial charge in [-0.1, -0.05) is 0 Å². The molecule has 1 aliphatic rings. The van der Waals surface area contributed by atoms with Gasteiger partial charge in [-0.3, -0.25) is 9.78 Å². The van der Waals surface area contributed by atoms with Crippen LogP contribution in [0.1, 0.15) is 17.9 Å². The third-order valence-corrected chi connectivity index (χ3v) is 2.79. The van der Waals surface area contributed by atoms with E-state index in [0.29, 0.717) is 13.2 Å². The first kappa shape index (κ1) is 10.8. The molecule has 4 heteroatoms. The highest BCUT2D eigenvalue weighted by molar-refractivity contribution is 5.90. The van der Waals surface area contributed by atoms with Gasteiger partial charge < -0.3 is 4.74 Å². The Kier molecular flexibility index (Phi) is 3.28. The lowest BCUT2D eigenvalue weighted by molar-refractivity contribution is -0.123. The van der Waals surface area contributed by atoms with Crippen LogP contribution >= 0.6 is 0 Å². The molecule has 0 radical (unpaired) electrons. The zero-order valence-electron chi connectivity index (χ0n) is 8.80. The second-order valence-electron chi connectivity index (χ2n) is 3.81. The van der Waals surface area contributed by atoms with Gasteiger partial charge in [-0.25, -0.2) is 0 Å². The summed E-state index contributed by atoms with van der Waals surface area (Å²) >= 11 is 0. The number of nitriles is 1. The van der Waals surface area contributed by atoms with Gasteiger partial charge in [0.25, 0.3) is 0 Å². The van der Waals surface area contributed by atoms with Gasteiger partial charge in [-0.2, -0.15) is 5.26 Å². The number of rotatable bonds is 3. The minimum atomic E-state index is -0.685. The number of hydrogen-bond acceptors (Lipinski definition) is 4. The average Bonchev–Trinajstić information content (AvgIpc) is 2.85. The predicted octanol–water partition coefficient (Wildman–Crippen LogP) is 1.29. The van der Waals surface area contributed by atoms with Crippen LogP contribution in [-0.4, -0.2) is 24.0 Å². The topological polar surface area (TPSA) is 63.0 Å². The SMILES string of the molecule is N#CC(C(=O)C1CCOC1)c1ccncc1. The van der Waals surface area contributed by atoms with Crippen molar-refractivity contribution in [1.82, 2.24) is 4.98 Å². The first-order chi connectivity index (χ1) is 7.83. The fourth-order valence-corrected chi connectivity index (χ4v) is 1.85. The molecule has 1 aromatic rings. The summed E-state index contributed by atoms with van der Waals surface area (Å²) < 4.78 is 5.17. The summed E-state index contributed by atoms with van der Waals surface area (Å²) in [7, 11) is 0. The molecule has 1 fully saturated rings. The molecule has 4 nitrogen and oxygen atoms in total. The molecule has 2 rings (SSSR count). The third-order valence-electron chi connectivity index (χ3n) is 2.79. The second kappa shape index (κ2) is 4.86. The van der Waals surface area contributed by atoms with Gasteiger partial charge in [0, 0.05) is 24.9 Å². The van der Waals surface area contributed by atoms with E-state index in [1.165, 1.54) is 0 Å². The molecular weight excluding hydrogens is 204 g/mol. The molecule has 1 aliphatic heterocycles. The van der Waals surface area contributed by atoms with Gasteiger partial charge in [-0.15, -0.1) is 0 Å². The monoisotopic (exact) mass is 216 g/mol. The maximum absolute atomic E-state index is 12.1. The lowest BCUT2D eigenvalue weighted by atomic mass is 9.88. The Labute approximate surface area is 93.9 Å². The molecule has 0 amide bonds. The number of ketones is 1. The number of carbonyl (C=O) groups is 1. The van der Waals surface area contributed by atoms with Crippen molar-refractivity contribution in [2.45, 2.75) is 12.3 Å². The van der Waals surface area contributed by atoms with E-state index in [1.54, 1.807) is 24.5 Å². The largest absolute Gasteiger partial charge is 0.381 e. The van der Waals surface area contributed by atoms with Crippen LogP contribution < -0.4 is 0 Å². The van der Waals surface area contributed by atoms with E-state index >= 15 is 0 Å². The minimum absolute atomic E-state index is 0.0359. The molecule has 0 bridgehead atoms. The van der Waals surface area contributed by atoms with E-state index in [-0.39, 0.29) is 11.7 Å². The Morgan fingerprint density at radius 1 is 1.56 bits per heavy atom. The van der Waals surface area contributed by atoms with Crippen molar-refractivity contribution in [2.75, 3.05) is 13.2 Å². The maximum Gasteiger partial charge on any atom is 0.159 e. The molecule has 0 aromatic carbocycles. The number of pyridine rings is 1. The molecule has 82 valence electrons. The summed E-state index contributed by atoms with van der Waals surface area (Å²) in [5, 5.41) is 9.08. The standard InChI is InChI=1S/C12H12N2O2/c13-7-11(9-1-4-14-5-2-9)12(15)10-3-6-16-8-10/h1-2,4-5,10-11H,3,6,8H2. The number of hydrogen-bond donors (Lipinski definition) is 0. The van der Waals surface area contributed by atoms with Crippen LogP contribution in [0.2, 0.25) is 0 Å². The Morgan fingerprint density at radius 3 is 2.88 bits per heavy atom. The molecule has 16 heavy (non-hydrogen) atoms. The highest BCUT2D eigenvalue weighted by atomic mass is 16.5. The van der Waals surface area contributed by atoms with Gasteiger partial charge in [0.1, 0.15) is 5.92 Å². The Balaban J connectivity index is 2.17. The van der Waals surface area contributed by atoms with Crippen LogP contribution in [0, 0.1) is 17.2 Å². The van der Waals surface area contributed by atoms with Crippen LogP contribution in [0.5, 0.6) is 0 Å². The van der Waals surface area contributed by atoms with Crippen LogP contribution in [-0.2, 0) is 9.53 Å². The first-order valence-corrected chi connectivity index (χ1v) is 5.24. The summed E-state index contributed by atoms with van der Waals surface area (Å²) in [5.74, 6) is -0.848. The minimum Gasteiger partial charge on any atom is -0.381 e. The lowest BCUT2D eigenvalue weighted by Gasteiger charge is -2.11. The second-order valence-corrected chi connectivity index (χ2v) is 3.81. The fraction of sp³-hybridized carbons (Fsp3) is 0.417. The first-order valence-electron chi connectivity index (χ1n) is 5.24. The van der Waals surface area contributed by atoms with E-state index in [0.717, 1.165) is 12.0 Å². The molecule has 0 aliphatic carbocycles. The van der Waals surface area contributed by atoms with Crippen molar-refractivity contribution in [3.05, 3.63) is 30.1 Å². The average molecular weight is 216 g/mol. The molecule has 1 aromatic heterocycles. The summed E-state index contributed by atoms with van der Waals surface area (Å²) in [5.41, 5.74) is 0.717.